The Kier molecular flexibility index (Phi) is 6.96. The van der Waals surface area contributed by atoms with Gasteiger partial charge in [-0.25, -0.2) is 8.42 Å². The van der Waals surface area contributed by atoms with Crippen molar-refractivity contribution in [3.8, 4) is 0 Å². The molecule has 1 amide bonds. The number of rotatable bonds is 7. The number of carbonyl (C=O) groups is 1. The third-order valence-electron chi connectivity index (χ3n) is 5.77. The lowest BCUT2D eigenvalue weighted by molar-refractivity contribution is -0.130. The minimum Gasteiger partial charge on any atom is -0.341 e. The highest BCUT2D eigenvalue weighted by Gasteiger charge is 2.31. The van der Waals surface area contributed by atoms with E-state index in [0.717, 1.165) is 31.2 Å². The second kappa shape index (κ2) is 9.44. The highest BCUT2D eigenvalue weighted by Crippen LogP contribution is 2.28. The zero-order chi connectivity index (χ0) is 20.9. The standard InChI is InChI=1S/C23H30N2O3S/c1-3-19-12-10-11-17-22(19)25(29(27,28)21-15-8-5-9-16-21)18-23(26)24(2)20-13-6-4-7-14-20/h5,8-12,15-17,20H,3-4,6-7,13-14,18H2,1-2H3. The van der Waals surface area contributed by atoms with Crippen molar-refractivity contribution in [3.63, 3.8) is 0 Å². The fourth-order valence-electron chi connectivity index (χ4n) is 3.98. The first-order valence-electron chi connectivity index (χ1n) is 10.4. The monoisotopic (exact) mass is 414 g/mol. The molecule has 0 N–H and O–H groups in total. The molecular weight excluding hydrogens is 384 g/mol. The van der Waals surface area contributed by atoms with Gasteiger partial charge in [-0.1, -0.05) is 62.6 Å². The molecule has 2 aromatic carbocycles. The Morgan fingerprint density at radius 1 is 0.966 bits per heavy atom. The number of anilines is 1. The molecule has 29 heavy (non-hydrogen) atoms. The summed E-state index contributed by atoms with van der Waals surface area (Å²) in [5.74, 6) is -0.165. The van der Waals surface area contributed by atoms with Crippen molar-refractivity contribution >= 4 is 21.6 Å². The summed E-state index contributed by atoms with van der Waals surface area (Å²) in [6, 6.07) is 15.9. The number of carbonyl (C=O) groups excluding carboxylic acids is 1. The van der Waals surface area contributed by atoms with Gasteiger partial charge in [-0.15, -0.1) is 0 Å². The van der Waals surface area contributed by atoms with Crippen LogP contribution in [0, 0.1) is 0 Å². The number of likely N-dealkylation sites (N-methyl/N-ethyl adjacent to an activating group) is 1. The van der Waals surface area contributed by atoms with Crippen LogP contribution >= 0.6 is 0 Å². The van der Waals surface area contributed by atoms with E-state index in [1.165, 1.54) is 10.7 Å². The van der Waals surface area contributed by atoms with E-state index in [9.17, 15) is 13.2 Å². The summed E-state index contributed by atoms with van der Waals surface area (Å²) < 4.78 is 28.3. The summed E-state index contributed by atoms with van der Waals surface area (Å²) in [4.78, 5) is 15.1. The number of nitrogens with zero attached hydrogens (tertiary/aromatic N) is 2. The summed E-state index contributed by atoms with van der Waals surface area (Å²) in [6.07, 6.45) is 6.10. The van der Waals surface area contributed by atoms with E-state index in [1.54, 1.807) is 48.3 Å². The Balaban J connectivity index is 1.96. The average Bonchev–Trinajstić information content (AvgIpc) is 2.77. The number of para-hydroxylation sites is 1. The van der Waals surface area contributed by atoms with Gasteiger partial charge in [0.25, 0.3) is 10.0 Å². The quantitative estimate of drug-likeness (QED) is 0.681. The SMILES string of the molecule is CCc1ccccc1N(CC(=O)N(C)C1CCCCC1)S(=O)(=O)c1ccccc1. The fourth-order valence-corrected chi connectivity index (χ4v) is 5.45. The summed E-state index contributed by atoms with van der Waals surface area (Å²) >= 11 is 0. The van der Waals surface area contributed by atoms with Gasteiger partial charge < -0.3 is 4.90 Å². The Bertz CT molecular complexity index is 922. The second-order valence-electron chi connectivity index (χ2n) is 7.60. The smallest absolute Gasteiger partial charge is 0.264 e. The van der Waals surface area contributed by atoms with Gasteiger partial charge >= 0.3 is 0 Å². The van der Waals surface area contributed by atoms with Crippen LogP contribution in [0.4, 0.5) is 5.69 Å². The largest absolute Gasteiger partial charge is 0.341 e. The Labute approximate surface area is 174 Å². The molecule has 0 bridgehead atoms. The van der Waals surface area contributed by atoms with Crippen molar-refractivity contribution in [2.75, 3.05) is 17.9 Å². The van der Waals surface area contributed by atoms with Gasteiger partial charge in [0, 0.05) is 13.1 Å². The van der Waals surface area contributed by atoms with Crippen LogP contribution in [0.15, 0.2) is 59.5 Å². The number of amides is 1. The van der Waals surface area contributed by atoms with Gasteiger partial charge in [-0.05, 0) is 43.0 Å². The molecular formula is C23H30N2O3S. The maximum atomic E-state index is 13.5. The number of benzene rings is 2. The van der Waals surface area contributed by atoms with Gasteiger partial charge in [0.05, 0.1) is 10.6 Å². The molecule has 0 atom stereocenters. The normalized spacial score (nSPS) is 15.1. The zero-order valence-corrected chi connectivity index (χ0v) is 18.1. The van der Waals surface area contributed by atoms with Crippen molar-refractivity contribution in [3.05, 3.63) is 60.2 Å². The summed E-state index contributed by atoms with van der Waals surface area (Å²) in [5, 5.41) is 0. The average molecular weight is 415 g/mol. The highest BCUT2D eigenvalue weighted by molar-refractivity contribution is 7.92. The summed E-state index contributed by atoms with van der Waals surface area (Å²) in [5.41, 5.74) is 1.48. The van der Waals surface area contributed by atoms with Crippen LogP contribution < -0.4 is 4.31 Å². The lowest BCUT2D eigenvalue weighted by Crippen LogP contribution is -2.46. The van der Waals surface area contributed by atoms with Crippen LogP contribution in [0.5, 0.6) is 0 Å². The van der Waals surface area contributed by atoms with E-state index in [4.69, 9.17) is 0 Å². The van der Waals surface area contributed by atoms with Gasteiger partial charge in [-0.2, -0.15) is 0 Å². The van der Waals surface area contributed by atoms with Crippen LogP contribution in [-0.2, 0) is 21.2 Å². The number of aryl methyl sites for hydroxylation is 1. The molecule has 0 heterocycles. The maximum absolute atomic E-state index is 13.5. The predicted molar refractivity (Wildman–Crippen MR) is 116 cm³/mol. The van der Waals surface area contributed by atoms with Crippen molar-refractivity contribution in [2.24, 2.45) is 0 Å². The maximum Gasteiger partial charge on any atom is 0.264 e. The lowest BCUT2D eigenvalue weighted by Gasteiger charge is -2.33. The van der Waals surface area contributed by atoms with E-state index >= 15 is 0 Å². The van der Waals surface area contributed by atoms with Crippen molar-refractivity contribution in [1.29, 1.82) is 0 Å². The Hall–Kier alpha value is -2.34. The molecule has 1 aliphatic carbocycles. The van der Waals surface area contributed by atoms with Gasteiger partial charge in [0.1, 0.15) is 6.54 Å². The van der Waals surface area contributed by atoms with E-state index in [0.29, 0.717) is 12.1 Å². The molecule has 6 heteroatoms. The highest BCUT2D eigenvalue weighted by atomic mass is 32.2. The number of sulfonamides is 1. The van der Waals surface area contributed by atoms with Crippen molar-refractivity contribution in [1.82, 2.24) is 4.90 Å². The minimum atomic E-state index is -3.86. The molecule has 1 saturated carbocycles. The van der Waals surface area contributed by atoms with E-state index in [2.05, 4.69) is 0 Å². The molecule has 0 spiro atoms. The first kappa shape index (κ1) is 21.4. The third-order valence-corrected chi connectivity index (χ3v) is 7.54. The molecule has 2 aromatic rings. The first-order chi connectivity index (χ1) is 13.9. The molecule has 156 valence electrons. The van der Waals surface area contributed by atoms with E-state index in [-0.39, 0.29) is 23.4 Å². The Morgan fingerprint density at radius 3 is 2.24 bits per heavy atom. The predicted octanol–water partition coefficient (Wildman–Crippen LogP) is 4.24. The topological polar surface area (TPSA) is 57.7 Å². The molecule has 1 fully saturated rings. The summed E-state index contributed by atoms with van der Waals surface area (Å²) in [7, 11) is -2.06. The molecule has 0 aromatic heterocycles. The zero-order valence-electron chi connectivity index (χ0n) is 17.3. The molecule has 1 aliphatic rings. The van der Waals surface area contributed by atoms with E-state index < -0.39 is 10.0 Å². The van der Waals surface area contributed by atoms with Gasteiger partial charge in [0.2, 0.25) is 5.91 Å². The molecule has 0 saturated heterocycles. The molecule has 0 aliphatic heterocycles. The van der Waals surface area contributed by atoms with E-state index in [1.807, 2.05) is 25.1 Å². The third kappa shape index (κ3) is 4.81. The van der Waals surface area contributed by atoms with Crippen LogP contribution in [0.3, 0.4) is 0 Å². The second-order valence-corrected chi connectivity index (χ2v) is 9.47. The number of hydrogen-bond donors (Lipinski definition) is 0. The first-order valence-corrected chi connectivity index (χ1v) is 11.8. The van der Waals surface area contributed by atoms with Crippen molar-refractivity contribution in [2.45, 2.75) is 56.4 Å². The van der Waals surface area contributed by atoms with Gasteiger partial charge in [0.15, 0.2) is 0 Å². The van der Waals surface area contributed by atoms with Crippen LogP contribution in [0.2, 0.25) is 0 Å². The van der Waals surface area contributed by atoms with Crippen molar-refractivity contribution < 1.29 is 13.2 Å². The summed E-state index contributed by atoms with van der Waals surface area (Å²) in [6.45, 7) is 1.80. The lowest BCUT2D eigenvalue weighted by atomic mass is 9.94. The van der Waals surface area contributed by atoms with Crippen LogP contribution in [0.1, 0.15) is 44.6 Å². The molecule has 0 unspecified atom stereocenters. The fraction of sp³-hybridized carbons (Fsp3) is 0.435. The van der Waals surface area contributed by atoms with Gasteiger partial charge in [-0.3, -0.25) is 9.10 Å². The molecule has 0 radical (unpaired) electrons. The van der Waals surface area contributed by atoms with Crippen LogP contribution in [0.25, 0.3) is 0 Å². The molecule has 5 nitrogen and oxygen atoms in total. The number of hydrogen-bond acceptors (Lipinski definition) is 3. The minimum absolute atomic E-state index is 0.165. The van der Waals surface area contributed by atoms with Crippen LogP contribution in [-0.4, -0.2) is 38.9 Å². The Morgan fingerprint density at radius 2 is 1.59 bits per heavy atom. The molecule has 3 rings (SSSR count).